The molecule has 0 atom stereocenters. The molecule has 0 spiro atoms. The molecule has 5 nitrogen and oxygen atoms in total. The molecular formula is C18H12BrN3O2. The first kappa shape index (κ1) is 14.7. The minimum absolute atomic E-state index is 0.215. The van der Waals surface area contributed by atoms with E-state index in [9.17, 15) is 4.79 Å². The van der Waals surface area contributed by atoms with Gasteiger partial charge in [-0.2, -0.15) is 5.10 Å². The van der Waals surface area contributed by atoms with Gasteiger partial charge in [0.05, 0.1) is 11.8 Å². The number of nitrogens with one attached hydrogen (secondary N) is 2. The van der Waals surface area contributed by atoms with Gasteiger partial charge in [0.1, 0.15) is 5.76 Å². The summed E-state index contributed by atoms with van der Waals surface area (Å²) in [6.45, 7) is 0. The Morgan fingerprint density at radius 3 is 2.83 bits per heavy atom. The van der Waals surface area contributed by atoms with E-state index < -0.39 is 0 Å². The molecule has 24 heavy (non-hydrogen) atoms. The molecule has 0 fully saturated rings. The van der Waals surface area contributed by atoms with Crippen LogP contribution in [0.4, 0.5) is 5.82 Å². The number of aromatic amines is 1. The Bertz CT molecular complexity index is 1020. The zero-order chi connectivity index (χ0) is 16.5. The third kappa shape index (κ3) is 2.72. The maximum atomic E-state index is 12.4. The van der Waals surface area contributed by atoms with Crippen LogP contribution in [0.1, 0.15) is 10.4 Å². The first-order valence-electron chi connectivity index (χ1n) is 7.29. The van der Waals surface area contributed by atoms with E-state index in [0.717, 1.165) is 26.7 Å². The lowest BCUT2D eigenvalue weighted by Crippen LogP contribution is -2.12. The van der Waals surface area contributed by atoms with E-state index in [4.69, 9.17) is 4.42 Å². The van der Waals surface area contributed by atoms with Gasteiger partial charge in [0.25, 0.3) is 5.91 Å². The monoisotopic (exact) mass is 381 g/mol. The van der Waals surface area contributed by atoms with E-state index in [1.165, 1.54) is 0 Å². The SMILES string of the molecule is O=C(Nc1n[nH]c2ccc(-c3ccco3)cc12)c1cccc(Br)c1. The molecule has 0 aliphatic rings. The van der Waals surface area contributed by atoms with E-state index in [1.54, 1.807) is 18.4 Å². The largest absolute Gasteiger partial charge is 0.464 e. The number of nitrogens with zero attached hydrogens (tertiary/aromatic N) is 1. The third-order valence-corrected chi connectivity index (χ3v) is 4.18. The van der Waals surface area contributed by atoms with Gasteiger partial charge in [-0.25, -0.2) is 0 Å². The molecule has 0 radical (unpaired) electrons. The summed E-state index contributed by atoms with van der Waals surface area (Å²) in [5.74, 6) is 1.04. The summed E-state index contributed by atoms with van der Waals surface area (Å²) in [7, 11) is 0. The van der Waals surface area contributed by atoms with Crippen molar-refractivity contribution in [2.75, 3.05) is 5.32 Å². The Labute approximate surface area is 145 Å². The molecule has 4 aromatic rings. The summed E-state index contributed by atoms with van der Waals surface area (Å²) in [5.41, 5.74) is 2.32. The Kier molecular flexibility index (Phi) is 3.66. The maximum Gasteiger partial charge on any atom is 0.256 e. The highest BCUT2D eigenvalue weighted by atomic mass is 79.9. The number of furan rings is 1. The molecule has 1 amide bonds. The van der Waals surface area contributed by atoms with Crippen LogP contribution in [0.15, 0.2) is 69.8 Å². The molecule has 0 saturated heterocycles. The van der Waals surface area contributed by atoms with Gasteiger partial charge in [0.15, 0.2) is 5.82 Å². The first-order chi connectivity index (χ1) is 11.7. The summed E-state index contributed by atoms with van der Waals surface area (Å²) in [4.78, 5) is 12.4. The second-order valence-corrected chi connectivity index (χ2v) is 6.19. The minimum atomic E-state index is -0.215. The van der Waals surface area contributed by atoms with Crippen molar-refractivity contribution < 1.29 is 9.21 Å². The number of aromatic nitrogens is 2. The van der Waals surface area contributed by atoms with Crippen molar-refractivity contribution in [1.82, 2.24) is 10.2 Å². The molecule has 2 aromatic carbocycles. The molecule has 0 aliphatic carbocycles. The lowest BCUT2D eigenvalue weighted by atomic mass is 10.1. The van der Waals surface area contributed by atoms with Gasteiger partial charge in [0.2, 0.25) is 0 Å². The number of carbonyl (C=O) groups is 1. The topological polar surface area (TPSA) is 70.9 Å². The maximum absolute atomic E-state index is 12.4. The van der Waals surface area contributed by atoms with Crippen molar-refractivity contribution in [1.29, 1.82) is 0 Å². The van der Waals surface area contributed by atoms with Crippen molar-refractivity contribution in [3.05, 3.63) is 70.9 Å². The number of hydrogen-bond acceptors (Lipinski definition) is 3. The van der Waals surface area contributed by atoms with Crippen LogP contribution in [-0.2, 0) is 0 Å². The van der Waals surface area contributed by atoms with Crippen molar-refractivity contribution in [2.24, 2.45) is 0 Å². The average molecular weight is 382 g/mol. The van der Waals surface area contributed by atoms with E-state index in [2.05, 4.69) is 31.4 Å². The quantitative estimate of drug-likeness (QED) is 0.533. The number of amides is 1. The zero-order valence-electron chi connectivity index (χ0n) is 12.4. The van der Waals surface area contributed by atoms with Crippen LogP contribution in [0.3, 0.4) is 0 Å². The molecule has 6 heteroatoms. The molecule has 118 valence electrons. The van der Waals surface area contributed by atoms with E-state index >= 15 is 0 Å². The van der Waals surface area contributed by atoms with Crippen LogP contribution < -0.4 is 5.32 Å². The van der Waals surface area contributed by atoms with Crippen molar-refractivity contribution >= 4 is 38.6 Å². The van der Waals surface area contributed by atoms with Crippen molar-refractivity contribution in [2.45, 2.75) is 0 Å². The van der Waals surface area contributed by atoms with E-state index in [1.807, 2.05) is 42.5 Å². The van der Waals surface area contributed by atoms with Gasteiger partial charge in [-0.15, -0.1) is 0 Å². The molecule has 2 N–H and O–H groups in total. The Morgan fingerprint density at radius 2 is 2.04 bits per heavy atom. The van der Waals surface area contributed by atoms with Gasteiger partial charge in [-0.1, -0.05) is 22.0 Å². The van der Waals surface area contributed by atoms with Crippen LogP contribution >= 0.6 is 15.9 Å². The molecule has 0 aliphatic heterocycles. The van der Waals surface area contributed by atoms with Gasteiger partial charge < -0.3 is 9.73 Å². The predicted octanol–water partition coefficient (Wildman–Crippen LogP) is 4.84. The van der Waals surface area contributed by atoms with Crippen LogP contribution in [0.2, 0.25) is 0 Å². The summed E-state index contributed by atoms with van der Waals surface area (Å²) >= 11 is 3.37. The van der Waals surface area contributed by atoms with Crippen molar-refractivity contribution in [3.63, 3.8) is 0 Å². The smallest absolute Gasteiger partial charge is 0.256 e. The van der Waals surface area contributed by atoms with Crippen LogP contribution in [-0.4, -0.2) is 16.1 Å². The summed E-state index contributed by atoms with van der Waals surface area (Å²) in [6.07, 6.45) is 1.63. The highest BCUT2D eigenvalue weighted by molar-refractivity contribution is 9.10. The number of halogens is 1. The summed E-state index contributed by atoms with van der Waals surface area (Å²) < 4.78 is 6.27. The Balaban J connectivity index is 1.69. The fraction of sp³-hybridized carbons (Fsp3) is 0. The van der Waals surface area contributed by atoms with Crippen LogP contribution in [0, 0.1) is 0 Å². The van der Waals surface area contributed by atoms with Gasteiger partial charge in [0, 0.05) is 21.0 Å². The zero-order valence-corrected chi connectivity index (χ0v) is 14.0. The summed E-state index contributed by atoms with van der Waals surface area (Å²) in [5, 5.41) is 10.8. The predicted molar refractivity (Wildman–Crippen MR) is 95.9 cm³/mol. The van der Waals surface area contributed by atoms with Crippen LogP contribution in [0.5, 0.6) is 0 Å². The minimum Gasteiger partial charge on any atom is -0.464 e. The summed E-state index contributed by atoms with van der Waals surface area (Å²) in [6, 6.07) is 16.7. The van der Waals surface area contributed by atoms with Crippen molar-refractivity contribution in [3.8, 4) is 11.3 Å². The molecular weight excluding hydrogens is 370 g/mol. The first-order valence-corrected chi connectivity index (χ1v) is 8.09. The normalized spacial score (nSPS) is 10.9. The Morgan fingerprint density at radius 1 is 1.12 bits per heavy atom. The highest BCUT2D eigenvalue weighted by Crippen LogP contribution is 2.28. The number of carbonyl (C=O) groups excluding carboxylic acids is 1. The second-order valence-electron chi connectivity index (χ2n) is 5.27. The van der Waals surface area contributed by atoms with Gasteiger partial charge in [-0.05, 0) is 48.5 Å². The van der Waals surface area contributed by atoms with E-state index in [-0.39, 0.29) is 5.91 Å². The Hall–Kier alpha value is -2.86. The molecule has 2 heterocycles. The number of anilines is 1. The number of fused-ring (bicyclic) bond motifs is 1. The lowest BCUT2D eigenvalue weighted by Gasteiger charge is -2.04. The third-order valence-electron chi connectivity index (χ3n) is 3.69. The van der Waals surface area contributed by atoms with E-state index in [0.29, 0.717) is 11.4 Å². The fourth-order valence-corrected chi connectivity index (χ4v) is 2.91. The molecule has 4 rings (SSSR count). The number of hydrogen-bond donors (Lipinski definition) is 2. The standard InChI is InChI=1S/C18H12BrN3O2/c19-13-4-1-3-12(9-13)18(23)20-17-14-10-11(16-5-2-8-24-16)6-7-15(14)21-22-17/h1-10H,(H2,20,21,22,23). The van der Waals surface area contributed by atoms with Crippen LogP contribution in [0.25, 0.3) is 22.2 Å². The molecule has 0 unspecified atom stereocenters. The van der Waals surface area contributed by atoms with Gasteiger partial charge in [-0.3, -0.25) is 9.89 Å². The molecule has 0 bridgehead atoms. The number of H-pyrrole nitrogens is 1. The fourth-order valence-electron chi connectivity index (χ4n) is 2.51. The molecule has 2 aromatic heterocycles. The highest BCUT2D eigenvalue weighted by Gasteiger charge is 2.13. The average Bonchev–Trinajstić information content (AvgIpc) is 3.25. The molecule has 0 saturated carbocycles. The number of benzene rings is 2. The lowest BCUT2D eigenvalue weighted by molar-refractivity contribution is 0.102. The van der Waals surface area contributed by atoms with Gasteiger partial charge >= 0.3 is 0 Å². The number of rotatable bonds is 3. The second kappa shape index (κ2) is 5.98.